The lowest BCUT2D eigenvalue weighted by molar-refractivity contribution is -0.115. The largest absolute Gasteiger partial charge is 0.495 e. The van der Waals surface area contributed by atoms with Gasteiger partial charge in [-0.2, -0.15) is 5.26 Å². The minimum atomic E-state index is -0.206. The van der Waals surface area contributed by atoms with Gasteiger partial charge in [0, 0.05) is 4.90 Å². The maximum absolute atomic E-state index is 12.1. The lowest BCUT2D eigenvalue weighted by atomic mass is 10.1. The summed E-state index contributed by atoms with van der Waals surface area (Å²) in [5.74, 6) is 0.260. The standard InChI is InChI=1S/C16H14N2O2S/c1-20-14-4-2-3-12(10-17)16(14)18-15(19)9-11-5-7-13(21)8-6-11/h2-8,21H,9H2,1H3,(H,18,19). The van der Waals surface area contributed by atoms with E-state index in [0.717, 1.165) is 10.5 Å². The molecule has 5 heteroatoms. The van der Waals surface area contributed by atoms with Crippen LogP contribution >= 0.6 is 12.6 Å². The number of carbonyl (C=O) groups is 1. The van der Waals surface area contributed by atoms with Crippen molar-refractivity contribution in [1.82, 2.24) is 0 Å². The number of carbonyl (C=O) groups excluding carboxylic acids is 1. The van der Waals surface area contributed by atoms with Crippen LogP contribution in [0.5, 0.6) is 5.75 Å². The van der Waals surface area contributed by atoms with Crippen LogP contribution in [-0.2, 0) is 11.2 Å². The Labute approximate surface area is 128 Å². The highest BCUT2D eigenvalue weighted by Gasteiger charge is 2.12. The number of nitrogens with zero attached hydrogens (tertiary/aromatic N) is 1. The van der Waals surface area contributed by atoms with Crippen molar-refractivity contribution in [3.05, 3.63) is 53.6 Å². The normalized spacial score (nSPS) is 9.76. The molecule has 0 aliphatic carbocycles. The Balaban J connectivity index is 2.16. The molecule has 0 unspecified atom stereocenters. The van der Waals surface area contributed by atoms with Crippen molar-refractivity contribution in [3.63, 3.8) is 0 Å². The molecule has 1 N–H and O–H groups in total. The molecule has 0 atom stereocenters. The van der Waals surface area contributed by atoms with Gasteiger partial charge in [-0.25, -0.2) is 0 Å². The highest BCUT2D eigenvalue weighted by atomic mass is 32.1. The number of thiol groups is 1. The number of para-hydroxylation sites is 1. The predicted molar refractivity (Wildman–Crippen MR) is 83.7 cm³/mol. The molecule has 2 aromatic rings. The second kappa shape index (κ2) is 6.82. The number of hydrogen-bond acceptors (Lipinski definition) is 4. The van der Waals surface area contributed by atoms with E-state index in [9.17, 15) is 4.79 Å². The maximum atomic E-state index is 12.1. The summed E-state index contributed by atoms with van der Waals surface area (Å²) >= 11 is 4.20. The molecule has 0 heterocycles. The predicted octanol–water partition coefficient (Wildman–Crippen LogP) is 3.04. The van der Waals surface area contributed by atoms with Crippen LogP contribution in [0.15, 0.2) is 47.4 Å². The quantitative estimate of drug-likeness (QED) is 0.853. The van der Waals surface area contributed by atoms with Crippen LogP contribution in [0.25, 0.3) is 0 Å². The van der Waals surface area contributed by atoms with Gasteiger partial charge in [0.15, 0.2) is 0 Å². The Hall–Kier alpha value is -2.45. The lowest BCUT2D eigenvalue weighted by Crippen LogP contribution is -2.16. The summed E-state index contributed by atoms with van der Waals surface area (Å²) in [5.41, 5.74) is 1.64. The van der Waals surface area contributed by atoms with Crippen molar-refractivity contribution in [3.8, 4) is 11.8 Å². The molecule has 106 valence electrons. The molecular formula is C16H14N2O2S. The first-order valence-electron chi connectivity index (χ1n) is 6.29. The van der Waals surface area contributed by atoms with Crippen LogP contribution in [0.3, 0.4) is 0 Å². The zero-order chi connectivity index (χ0) is 15.2. The van der Waals surface area contributed by atoms with Crippen LogP contribution in [0.2, 0.25) is 0 Å². The molecule has 0 aliphatic heterocycles. The fourth-order valence-electron chi connectivity index (χ4n) is 1.91. The second-order valence-electron chi connectivity index (χ2n) is 4.39. The molecule has 0 bridgehead atoms. The first-order valence-corrected chi connectivity index (χ1v) is 6.73. The molecule has 0 aromatic heterocycles. The molecule has 0 saturated heterocycles. The maximum Gasteiger partial charge on any atom is 0.228 e. The van der Waals surface area contributed by atoms with Crippen molar-refractivity contribution in [1.29, 1.82) is 5.26 Å². The van der Waals surface area contributed by atoms with E-state index < -0.39 is 0 Å². The molecule has 0 fully saturated rings. The van der Waals surface area contributed by atoms with Crippen molar-refractivity contribution in [2.24, 2.45) is 0 Å². The number of anilines is 1. The first kappa shape index (κ1) is 14.9. The van der Waals surface area contributed by atoms with E-state index in [0.29, 0.717) is 17.0 Å². The van der Waals surface area contributed by atoms with Gasteiger partial charge in [0.25, 0.3) is 0 Å². The van der Waals surface area contributed by atoms with E-state index in [1.165, 1.54) is 7.11 Å². The number of ether oxygens (including phenoxy) is 1. The third kappa shape index (κ3) is 3.77. The minimum Gasteiger partial charge on any atom is -0.495 e. The van der Waals surface area contributed by atoms with Crippen LogP contribution < -0.4 is 10.1 Å². The summed E-state index contributed by atoms with van der Waals surface area (Å²) in [4.78, 5) is 13.0. The summed E-state index contributed by atoms with van der Waals surface area (Å²) < 4.78 is 5.18. The van der Waals surface area contributed by atoms with Crippen LogP contribution in [0.4, 0.5) is 5.69 Å². The monoisotopic (exact) mass is 298 g/mol. The third-order valence-corrected chi connectivity index (χ3v) is 3.23. The zero-order valence-electron chi connectivity index (χ0n) is 11.5. The van der Waals surface area contributed by atoms with Gasteiger partial charge in [0.05, 0.1) is 19.1 Å². The van der Waals surface area contributed by atoms with Crippen molar-refractivity contribution in [2.45, 2.75) is 11.3 Å². The van der Waals surface area contributed by atoms with Gasteiger partial charge >= 0.3 is 0 Å². The molecule has 0 aliphatic rings. The number of hydrogen-bond donors (Lipinski definition) is 2. The Morgan fingerprint density at radius 3 is 2.62 bits per heavy atom. The molecule has 0 spiro atoms. The van der Waals surface area contributed by atoms with E-state index >= 15 is 0 Å². The number of methoxy groups -OCH3 is 1. The fourth-order valence-corrected chi connectivity index (χ4v) is 2.06. The summed E-state index contributed by atoms with van der Waals surface area (Å²) in [6.45, 7) is 0. The highest BCUT2D eigenvalue weighted by Crippen LogP contribution is 2.27. The minimum absolute atomic E-state index is 0.206. The van der Waals surface area contributed by atoms with Crippen LogP contribution in [-0.4, -0.2) is 13.0 Å². The molecule has 2 rings (SSSR count). The van der Waals surface area contributed by atoms with E-state index in [4.69, 9.17) is 10.00 Å². The van der Waals surface area contributed by atoms with Crippen LogP contribution in [0.1, 0.15) is 11.1 Å². The molecule has 2 aromatic carbocycles. The Morgan fingerprint density at radius 2 is 2.00 bits per heavy atom. The van der Waals surface area contributed by atoms with Gasteiger partial charge in [-0.1, -0.05) is 18.2 Å². The lowest BCUT2D eigenvalue weighted by Gasteiger charge is -2.11. The number of nitriles is 1. The molecule has 4 nitrogen and oxygen atoms in total. The van der Waals surface area contributed by atoms with Gasteiger partial charge in [-0.15, -0.1) is 12.6 Å². The van der Waals surface area contributed by atoms with Gasteiger partial charge in [0.1, 0.15) is 17.5 Å². The average molecular weight is 298 g/mol. The van der Waals surface area contributed by atoms with Crippen molar-refractivity contribution < 1.29 is 9.53 Å². The molecule has 0 radical (unpaired) electrons. The molecular weight excluding hydrogens is 284 g/mol. The highest BCUT2D eigenvalue weighted by molar-refractivity contribution is 7.80. The van der Waals surface area contributed by atoms with E-state index in [1.54, 1.807) is 18.2 Å². The van der Waals surface area contributed by atoms with Crippen LogP contribution in [0, 0.1) is 11.3 Å². The second-order valence-corrected chi connectivity index (χ2v) is 4.90. The van der Waals surface area contributed by atoms with Gasteiger partial charge < -0.3 is 10.1 Å². The topological polar surface area (TPSA) is 62.1 Å². The van der Waals surface area contributed by atoms with Gasteiger partial charge in [0.2, 0.25) is 5.91 Å². The van der Waals surface area contributed by atoms with E-state index in [2.05, 4.69) is 17.9 Å². The van der Waals surface area contributed by atoms with Gasteiger partial charge in [-0.3, -0.25) is 4.79 Å². The number of nitrogens with one attached hydrogen (secondary N) is 1. The third-order valence-electron chi connectivity index (χ3n) is 2.93. The Bertz CT molecular complexity index is 690. The smallest absolute Gasteiger partial charge is 0.228 e. The molecule has 1 amide bonds. The van der Waals surface area contributed by atoms with E-state index in [1.807, 2.05) is 30.3 Å². The molecule has 0 saturated carbocycles. The average Bonchev–Trinajstić information content (AvgIpc) is 2.49. The summed E-state index contributed by atoms with van der Waals surface area (Å²) in [7, 11) is 1.50. The number of benzene rings is 2. The fraction of sp³-hybridized carbons (Fsp3) is 0.125. The summed E-state index contributed by atoms with van der Waals surface area (Å²) in [5, 5.41) is 11.8. The Kier molecular flexibility index (Phi) is 4.85. The van der Waals surface area contributed by atoms with Gasteiger partial charge in [-0.05, 0) is 29.8 Å². The number of amides is 1. The van der Waals surface area contributed by atoms with E-state index in [-0.39, 0.29) is 12.3 Å². The number of rotatable bonds is 4. The summed E-state index contributed by atoms with van der Waals surface area (Å²) in [6.07, 6.45) is 0.219. The first-order chi connectivity index (χ1) is 10.1. The zero-order valence-corrected chi connectivity index (χ0v) is 12.4. The van der Waals surface area contributed by atoms with Crippen molar-refractivity contribution >= 4 is 24.2 Å². The SMILES string of the molecule is COc1cccc(C#N)c1NC(=O)Cc1ccc(S)cc1. The Morgan fingerprint density at radius 1 is 1.29 bits per heavy atom. The summed E-state index contributed by atoms with van der Waals surface area (Å²) in [6, 6.07) is 14.4. The molecule has 21 heavy (non-hydrogen) atoms. The van der Waals surface area contributed by atoms with Crippen molar-refractivity contribution in [2.75, 3.05) is 12.4 Å².